The van der Waals surface area contributed by atoms with E-state index in [1.807, 2.05) is 72.8 Å². The SMILES string of the molecule is COC[C@@H]1CCCN1C[C@@H]1O[C@H](c2ccc(-c3ccccc3CNS(=O)(=O)c3ccccc3)cc2)O[C@H](c2ccc(CO)cc2)[C@@H]1C. The van der Waals surface area contributed by atoms with Crippen LogP contribution in [0.15, 0.2) is 108 Å². The zero-order chi connectivity index (χ0) is 32.8. The third-order valence-electron chi connectivity index (χ3n) is 9.41. The molecule has 2 aliphatic rings. The molecule has 6 rings (SSSR count). The lowest BCUT2D eigenvalue weighted by atomic mass is 9.89. The van der Waals surface area contributed by atoms with E-state index in [-0.39, 0.29) is 36.2 Å². The summed E-state index contributed by atoms with van der Waals surface area (Å²) < 4.78 is 47.5. The lowest BCUT2D eigenvalue weighted by molar-refractivity contribution is -0.276. The second-order valence-electron chi connectivity index (χ2n) is 12.5. The highest BCUT2D eigenvalue weighted by Gasteiger charge is 2.40. The molecule has 0 spiro atoms. The first-order valence-corrected chi connectivity index (χ1v) is 17.8. The summed E-state index contributed by atoms with van der Waals surface area (Å²) >= 11 is 0. The van der Waals surface area contributed by atoms with Gasteiger partial charge in [-0.05, 0) is 59.3 Å². The van der Waals surface area contributed by atoms with Crippen LogP contribution in [0, 0.1) is 5.92 Å². The normalized spacial score (nSPS) is 23.6. The van der Waals surface area contributed by atoms with Crippen LogP contribution in [0.2, 0.25) is 0 Å². The van der Waals surface area contributed by atoms with Crippen LogP contribution in [-0.2, 0) is 37.4 Å². The van der Waals surface area contributed by atoms with Gasteiger partial charge in [0.15, 0.2) is 6.29 Å². The third kappa shape index (κ3) is 7.84. The van der Waals surface area contributed by atoms with Crippen molar-refractivity contribution >= 4 is 10.0 Å². The molecule has 8 nitrogen and oxygen atoms in total. The lowest BCUT2D eigenvalue weighted by Gasteiger charge is -2.43. The molecule has 4 aromatic carbocycles. The number of methoxy groups -OCH3 is 1. The molecule has 0 radical (unpaired) electrons. The summed E-state index contributed by atoms with van der Waals surface area (Å²) in [5.41, 5.74) is 5.64. The van der Waals surface area contributed by atoms with Crippen LogP contribution in [0.1, 0.15) is 54.4 Å². The number of likely N-dealkylation sites (tertiary alicyclic amines) is 1. The van der Waals surface area contributed by atoms with Crippen LogP contribution in [0.5, 0.6) is 0 Å². The second-order valence-corrected chi connectivity index (χ2v) is 14.3. The van der Waals surface area contributed by atoms with E-state index in [1.165, 1.54) is 0 Å². The Balaban J connectivity index is 1.23. The number of benzene rings is 4. The predicted octanol–water partition coefficient (Wildman–Crippen LogP) is 6.23. The molecule has 2 N–H and O–H groups in total. The molecule has 0 aliphatic carbocycles. The fourth-order valence-corrected chi connectivity index (χ4v) is 7.74. The summed E-state index contributed by atoms with van der Waals surface area (Å²) in [5.74, 6) is 0.0980. The molecule has 2 heterocycles. The highest BCUT2D eigenvalue weighted by molar-refractivity contribution is 7.89. The van der Waals surface area contributed by atoms with Crippen LogP contribution in [0.3, 0.4) is 0 Å². The predicted molar refractivity (Wildman–Crippen MR) is 182 cm³/mol. The molecule has 5 atom stereocenters. The standard InChI is InChI=1S/C38H44N2O6S/c1-27-36(24-40-22-8-10-33(40)26-44-2)45-38(46-37(27)30-16-14-28(25-41)15-17-30)31-20-18-29(19-21-31)35-13-7-6-9-32(35)23-39-47(42,43)34-11-4-3-5-12-34/h3-7,9,11-21,27,33,36-39,41H,8,10,22-26H2,1-2H3/t27-,33+,36+,37+,38+/m1/s1. The molecule has 248 valence electrons. The van der Waals surface area contributed by atoms with Gasteiger partial charge in [-0.2, -0.15) is 0 Å². The first kappa shape index (κ1) is 33.5. The highest BCUT2D eigenvalue weighted by Crippen LogP contribution is 2.42. The summed E-state index contributed by atoms with van der Waals surface area (Å²) in [7, 11) is -1.88. The first-order valence-electron chi connectivity index (χ1n) is 16.3. The topological polar surface area (TPSA) is 97.3 Å². The van der Waals surface area contributed by atoms with Gasteiger partial charge in [0, 0.05) is 37.7 Å². The van der Waals surface area contributed by atoms with Gasteiger partial charge in [-0.3, -0.25) is 4.90 Å². The molecule has 0 aromatic heterocycles. The van der Waals surface area contributed by atoms with Gasteiger partial charge in [-0.25, -0.2) is 13.1 Å². The van der Waals surface area contributed by atoms with E-state index < -0.39 is 16.3 Å². The molecule has 2 saturated heterocycles. The Labute approximate surface area is 278 Å². The molecule has 0 saturated carbocycles. The Bertz CT molecular complexity index is 1700. The third-order valence-corrected chi connectivity index (χ3v) is 10.8. The average molecular weight is 657 g/mol. The van der Waals surface area contributed by atoms with Crippen molar-refractivity contribution in [1.82, 2.24) is 9.62 Å². The maximum absolute atomic E-state index is 12.9. The van der Waals surface area contributed by atoms with E-state index >= 15 is 0 Å². The molecule has 4 aromatic rings. The molecule has 47 heavy (non-hydrogen) atoms. The van der Waals surface area contributed by atoms with E-state index in [1.54, 1.807) is 37.4 Å². The van der Waals surface area contributed by atoms with Crippen molar-refractivity contribution in [1.29, 1.82) is 0 Å². The highest BCUT2D eigenvalue weighted by atomic mass is 32.2. The number of sulfonamides is 1. The zero-order valence-electron chi connectivity index (χ0n) is 27.0. The fraction of sp³-hybridized carbons (Fsp3) is 0.368. The van der Waals surface area contributed by atoms with Crippen LogP contribution < -0.4 is 4.72 Å². The Morgan fingerprint density at radius 2 is 1.60 bits per heavy atom. The monoisotopic (exact) mass is 656 g/mol. The van der Waals surface area contributed by atoms with Gasteiger partial charge in [0.2, 0.25) is 10.0 Å². The van der Waals surface area contributed by atoms with Gasteiger partial charge in [-0.15, -0.1) is 0 Å². The van der Waals surface area contributed by atoms with Gasteiger partial charge in [0.25, 0.3) is 0 Å². The van der Waals surface area contributed by atoms with Crippen molar-refractivity contribution in [2.75, 3.05) is 26.8 Å². The van der Waals surface area contributed by atoms with Gasteiger partial charge in [0.05, 0.1) is 30.3 Å². The van der Waals surface area contributed by atoms with Crippen molar-refractivity contribution in [3.63, 3.8) is 0 Å². The van der Waals surface area contributed by atoms with E-state index in [9.17, 15) is 13.5 Å². The Morgan fingerprint density at radius 3 is 2.32 bits per heavy atom. The van der Waals surface area contributed by atoms with Crippen LogP contribution >= 0.6 is 0 Å². The van der Waals surface area contributed by atoms with Crippen molar-refractivity contribution in [3.05, 3.63) is 125 Å². The van der Waals surface area contributed by atoms with Crippen LogP contribution in [0.25, 0.3) is 11.1 Å². The van der Waals surface area contributed by atoms with Gasteiger partial charge in [0.1, 0.15) is 0 Å². The molecular formula is C38H44N2O6S. The lowest BCUT2D eigenvalue weighted by Crippen LogP contribution is -2.46. The summed E-state index contributed by atoms with van der Waals surface area (Å²) in [6.07, 6.45) is 1.46. The smallest absolute Gasteiger partial charge is 0.240 e. The van der Waals surface area contributed by atoms with E-state index in [0.717, 1.165) is 59.3 Å². The van der Waals surface area contributed by atoms with Crippen molar-refractivity contribution in [3.8, 4) is 11.1 Å². The minimum atomic E-state index is -3.64. The minimum Gasteiger partial charge on any atom is -0.392 e. The maximum Gasteiger partial charge on any atom is 0.240 e. The molecular weight excluding hydrogens is 612 g/mol. The minimum absolute atomic E-state index is 0.0000545. The summed E-state index contributed by atoms with van der Waals surface area (Å²) in [5, 5.41) is 9.59. The number of ether oxygens (including phenoxy) is 3. The van der Waals surface area contributed by atoms with Crippen molar-refractivity contribution in [2.45, 2.75) is 62.4 Å². The quantitative estimate of drug-likeness (QED) is 0.187. The molecule has 0 amide bonds. The number of hydrogen-bond acceptors (Lipinski definition) is 7. The summed E-state index contributed by atoms with van der Waals surface area (Å²) in [6, 6.07) is 32.8. The Kier molecular flexibility index (Phi) is 10.8. The van der Waals surface area contributed by atoms with Gasteiger partial charge >= 0.3 is 0 Å². The number of aliphatic hydroxyl groups excluding tert-OH is 1. The van der Waals surface area contributed by atoms with Gasteiger partial charge in [-0.1, -0.05) is 97.9 Å². The van der Waals surface area contributed by atoms with E-state index in [2.05, 4.69) is 16.5 Å². The number of nitrogens with zero attached hydrogens (tertiary/aromatic N) is 1. The number of aliphatic hydroxyl groups is 1. The number of hydrogen-bond donors (Lipinski definition) is 2. The zero-order valence-corrected chi connectivity index (χ0v) is 27.8. The largest absolute Gasteiger partial charge is 0.392 e. The maximum atomic E-state index is 12.9. The van der Waals surface area contributed by atoms with E-state index in [4.69, 9.17) is 14.2 Å². The van der Waals surface area contributed by atoms with Gasteiger partial charge < -0.3 is 19.3 Å². The molecule has 2 fully saturated rings. The van der Waals surface area contributed by atoms with Crippen LogP contribution in [-0.4, -0.2) is 57.4 Å². The average Bonchev–Trinajstić information content (AvgIpc) is 3.55. The first-order chi connectivity index (χ1) is 22.9. The van der Waals surface area contributed by atoms with Crippen molar-refractivity contribution < 1.29 is 27.7 Å². The Hall–Kier alpha value is -3.41. The van der Waals surface area contributed by atoms with Crippen molar-refractivity contribution in [2.24, 2.45) is 5.92 Å². The molecule has 9 heteroatoms. The molecule has 0 unspecified atom stereocenters. The number of rotatable bonds is 12. The summed E-state index contributed by atoms with van der Waals surface area (Å²) in [4.78, 5) is 2.73. The summed E-state index contributed by atoms with van der Waals surface area (Å²) in [6.45, 7) is 4.89. The molecule has 2 aliphatic heterocycles. The molecule has 0 bridgehead atoms. The fourth-order valence-electron chi connectivity index (χ4n) is 6.71. The second kappa shape index (κ2) is 15.2. The Morgan fingerprint density at radius 1 is 0.894 bits per heavy atom. The van der Waals surface area contributed by atoms with Crippen LogP contribution in [0.4, 0.5) is 0 Å². The number of nitrogens with one attached hydrogen (secondary N) is 1. The van der Waals surface area contributed by atoms with E-state index in [0.29, 0.717) is 12.6 Å².